The lowest BCUT2D eigenvalue weighted by Gasteiger charge is -2.26. The number of hydrogen-bond acceptors (Lipinski definition) is 5. The van der Waals surface area contributed by atoms with E-state index in [9.17, 15) is 0 Å². The molecular weight excluding hydrogens is 266 g/mol. The molecule has 0 atom stereocenters. The van der Waals surface area contributed by atoms with Crippen molar-refractivity contribution in [1.29, 1.82) is 0 Å². The second-order valence-electron chi connectivity index (χ2n) is 5.10. The van der Waals surface area contributed by atoms with Crippen LogP contribution in [0.2, 0.25) is 0 Å². The van der Waals surface area contributed by atoms with Gasteiger partial charge in [0.2, 0.25) is 0 Å². The number of hydrogen-bond donors (Lipinski definition) is 1. The summed E-state index contributed by atoms with van der Waals surface area (Å²) in [6.45, 7) is 5.58. The Morgan fingerprint density at radius 1 is 1.24 bits per heavy atom. The minimum absolute atomic E-state index is 0.810. The third kappa shape index (κ3) is 3.25. The van der Waals surface area contributed by atoms with Crippen molar-refractivity contribution >= 4 is 16.6 Å². The lowest BCUT2D eigenvalue weighted by Crippen LogP contribution is -2.39. The average Bonchev–Trinajstić information content (AvgIpc) is 2.56. The van der Waals surface area contributed by atoms with Crippen LogP contribution in [0.4, 0.5) is 5.82 Å². The van der Waals surface area contributed by atoms with Crippen LogP contribution in [-0.2, 0) is 4.74 Å². The largest absolute Gasteiger partial charge is 0.494 e. The molecular formula is C16H21N3O2. The lowest BCUT2D eigenvalue weighted by atomic mass is 10.1. The molecule has 0 bridgehead atoms. The molecule has 5 heteroatoms. The number of rotatable bonds is 5. The highest BCUT2D eigenvalue weighted by atomic mass is 16.5. The van der Waals surface area contributed by atoms with Gasteiger partial charge in [0.1, 0.15) is 11.6 Å². The summed E-state index contributed by atoms with van der Waals surface area (Å²) >= 11 is 0. The molecule has 1 saturated heterocycles. The minimum Gasteiger partial charge on any atom is -0.494 e. The van der Waals surface area contributed by atoms with Gasteiger partial charge in [0.15, 0.2) is 0 Å². The number of methoxy groups -OCH3 is 1. The molecule has 1 aliphatic rings. The summed E-state index contributed by atoms with van der Waals surface area (Å²) < 4.78 is 10.7. The second kappa shape index (κ2) is 6.74. The Morgan fingerprint density at radius 3 is 2.76 bits per heavy atom. The van der Waals surface area contributed by atoms with Crippen LogP contribution in [0.25, 0.3) is 10.8 Å². The maximum absolute atomic E-state index is 5.37. The van der Waals surface area contributed by atoms with Crippen molar-refractivity contribution in [2.45, 2.75) is 0 Å². The molecule has 0 aliphatic carbocycles. The molecule has 1 aromatic heterocycles. The van der Waals surface area contributed by atoms with E-state index < -0.39 is 0 Å². The molecule has 0 amide bonds. The molecule has 0 unspecified atom stereocenters. The number of ether oxygens (including phenoxy) is 2. The van der Waals surface area contributed by atoms with Gasteiger partial charge < -0.3 is 14.8 Å². The van der Waals surface area contributed by atoms with Gasteiger partial charge in [0.05, 0.1) is 26.5 Å². The van der Waals surface area contributed by atoms with Crippen molar-refractivity contribution in [1.82, 2.24) is 9.88 Å². The average molecular weight is 287 g/mol. The van der Waals surface area contributed by atoms with Crippen LogP contribution in [0, 0.1) is 0 Å². The van der Waals surface area contributed by atoms with Crippen molar-refractivity contribution in [2.24, 2.45) is 0 Å². The van der Waals surface area contributed by atoms with Crippen molar-refractivity contribution < 1.29 is 9.47 Å². The van der Waals surface area contributed by atoms with Crippen LogP contribution in [0.3, 0.4) is 0 Å². The zero-order chi connectivity index (χ0) is 14.5. The van der Waals surface area contributed by atoms with Crippen LogP contribution < -0.4 is 10.1 Å². The minimum atomic E-state index is 0.810. The number of benzene rings is 1. The smallest absolute Gasteiger partial charge is 0.145 e. The standard InChI is InChI=1S/C16H21N3O2/c1-20-15-12-18-16(14-5-3-2-4-13(14)15)17-6-7-19-8-10-21-11-9-19/h2-5,12H,6-11H2,1H3,(H,17,18). The molecule has 0 saturated carbocycles. The topological polar surface area (TPSA) is 46.6 Å². The molecule has 1 N–H and O–H groups in total. The predicted octanol–water partition coefficient (Wildman–Crippen LogP) is 1.99. The summed E-state index contributed by atoms with van der Waals surface area (Å²) in [6, 6.07) is 8.17. The Morgan fingerprint density at radius 2 is 2.00 bits per heavy atom. The fraction of sp³-hybridized carbons (Fsp3) is 0.438. The predicted molar refractivity (Wildman–Crippen MR) is 84.0 cm³/mol. The third-order valence-electron chi connectivity index (χ3n) is 3.80. The van der Waals surface area contributed by atoms with E-state index in [0.29, 0.717) is 0 Å². The van der Waals surface area contributed by atoms with Gasteiger partial charge in [-0.25, -0.2) is 4.98 Å². The Hall–Kier alpha value is -1.85. The Bertz CT molecular complexity index is 597. The maximum Gasteiger partial charge on any atom is 0.145 e. The summed E-state index contributed by atoms with van der Waals surface area (Å²) in [7, 11) is 1.68. The summed E-state index contributed by atoms with van der Waals surface area (Å²) in [5, 5.41) is 5.62. The molecule has 0 spiro atoms. The van der Waals surface area contributed by atoms with E-state index in [1.165, 1.54) is 0 Å². The van der Waals surface area contributed by atoms with Crippen LogP contribution >= 0.6 is 0 Å². The van der Waals surface area contributed by atoms with E-state index >= 15 is 0 Å². The highest BCUT2D eigenvalue weighted by molar-refractivity contribution is 5.95. The van der Waals surface area contributed by atoms with Crippen LogP contribution in [0.5, 0.6) is 5.75 Å². The first kappa shape index (κ1) is 14.1. The van der Waals surface area contributed by atoms with Crippen molar-refractivity contribution in [3.05, 3.63) is 30.5 Å². The molecule has 2 aromatic rings. The molecule has 1 aromatic carbocycles. The molecule has 112 valence electrons. The molecule has 1 fully saturated rings. The third-order valence-corrected chi connectivity index (χ3v) is 3.80. The fourth-order valence-corrected chi connectivity index (χ4v) is 2.63. The zero-order valence-electron chi connectivity index (χ0n) is 12.3. The number of nitrogens with one attached hydrogen (secondary N) is 1. The van der Waals surface area contributed by atoms with Crippen molar-refractivity contribution in [3.8, 4) is 5.75 Å². The van der Waals surface area contributed by atoms with Crippen molar-refractivity contribution in [2.75, 3.05) is 51.8 Å². The van der Waals surface area contributed by atoms with E-state index in [0.717, 1.165) is 61.7 Å². The Balaban J connectivity index is 1.69. The maximum atomic E-state index is 5.37. The normalized spacial score (nSPS) is 16.0. The Labute approximate surface area is 124 Å². The van der Waals surface area contributed by atoms with Gasteiger partial charge in [-0.05, 0) is 0 Å². The monoisotopic (exact) mass is 287 g/mol. The second-order valence-corrected chi connectivity index (χ2v) is 5.10. The molecule has 21 heavy (non-hydrogen) atoms. The highest BCUT2D eigenvalue weighted by Gasteiger charge is 2.10. The number of nitrogens with zero attached hydrogens (tertiary/aromatic N) is 2. The first-order valence-electron chi connectivity index (χ1n) is 7.34. The molecule has 3 rings (SSSR count). The summed E-state index contributed by atoms with van der Waals surface area (Å²) in [5.74, 6) is 1.73. The quantitative estimate of drug-likeness (QED) is 0.911. The first-order valence-corrected chi connectivity index (χ1v) is 7.34. The number of fused-ring (bicyclic) bond motifs is 1. The fourth-order valence-electron chi connectivity index (χ4n) is 2.63. The summed E-state index contributed by atoms with van der Waals surface area (Å²) in [4.78, 5) is 6.89. The van der Waals surface area contributed by atoms with Crippen LogP contribution in [-0.4, -0.2) is 56.4 Å². The van der Waals surface area contributed by atoms with Crippen LogP contribution in [0.1, 0.15) is 0 Å². The molecule has 5 nitrogen and oxygen atoms in total. The Kier molecular flexibility index (Phi) is 4.52. The lowest BCUT2D eigenvalue weighted by molar-refractivity contribution is 0.0398. The van der Waals surface area contributed by atoms with Gasteiger partial charge in [0, 0.05) is 37.0 Å². The van der Waals surface area contributed by atoms with E-state index in [1.807, 2.05) is 12.1 Å². The number of aromatic nitrogens is 1. The highest BCUT2D eigenvalue weighted by Crippen LogP contribution is 2.28. The number of pyridine rings is 1. The number of anilines is 1. The zero-order valence-corrected chi connectivity index (χ0v) is 12.3. The van der Waals surface area contributed by atoms with Gasteiger partial charge in [-0.1, -0.05) is 24.3 Å². The summed E-state index contributed by atoms with van der Waals surface area (Å²) in [5.41, 5.74) is 0. The van der Waals surface area contributed by atoms with E-state index in [1.54, 1.807) is 13.3 Å². The van der Waals surface area contributed by atoms with Gasteiger partial charge in [0.25, 0.3) is 0 Å². The van der Waals surface area contributed by atoms with Gasteiger partial charge in [-0.15, -0.1) is 0 Å². The molecule has 1 aliphatic heterocycles. The van der Waals surface area contributed by atoms with E-state index in [4.69, 9.17) is 9.47 Å². The molecule has 0 radical (unpaired) electrons. The van der Waals surface area contributed by atoms with E-state index in [2.05, 4.69) is 27.3 Å². The first-order chi connectivity index (χ1) is 10.4. The van der Waals surface area contributed by atoms with E-state index in [-0.39, 0.29) is 0 Å². The van der Waals surface area contributed by atoms with Crippen LogP contribution in [0.15, 0.2) is 30.5 Å². The number of morpholine rings is 1. The SMILES string of the molecule is COc1cnc(NCCN2CCOCC2)c2ccccc12. The summed E-state index contributed by atoms with van der Waals surface area (Å²) in [6.07, 6.45) is 1.78. The van der Waals surface area contributed by atoms with Gasteiger partial charge in [-0.2, -0.15) is 0 Å². The van der Waals surface area contributed by atoms with Crippen molar-refractivity contribution in [3.63, 3.8) is 0 Å². The molecule has 2 heterocycles. The van der Waals surface area contributed by atoms with Gasteiger partial charge in [-0.3, -0.25) is 4.90 Å². The van der Waals surface area contributed by atoms with Gasteiger partial charge >= 0.3 is 0 Å².